The van der Waals surface area contributed by atoms with E-state index < -0.39 is 0 Å². The predicted molar refractivity (Wildman–Crippen MR) is 98.2 cm³/mol. The maximum absolute atomic E-state index is 12.7. The van der Waals surface area contributed by atoms with Crippen molar-refractivity contribution in [2.45, 2.75) is 40.2 Å². The molecule has 25 heavy (non-hydrogen) atoms. The van der Waals surface area contributed by atoms with Crippen LogP contribution in [0.15, 0.2) is 24.3 Å². The fourth-order valence-electron chi connectivity index (χ4n) is 3.23. The normalized spacial score (nSPS) is 15.3. The van der Waals surface area contributed by atoms with Crippen LogP contribution in [0.2, 0.25) is 0 Å². The Hall–Kier alpha value is -2.04. The third kappa shape index (κ3) is 5.21. The van der Waals surface area contributed by atoms with Gasteiger partial charge in [0, 0.05) is 38.5 Å². The number of hydrogen-bond donors (Lipinski definition) is 0. The van der Waals surface area contributed by atoms with Crippen molar-refractivity contribution in [3.63, 3.8) is 0 Å². The first kappa shape index (κ1) is 19.3. The van der Waals surface area contributed by atoms with Gasteiger partial charge in [-0.1, -0.05) is 26.0 Å². The van der Waals surface area contributed by atoms with Gasteiger partial charge in [0.25, 0.3) is 0 Å². The molecule has 5 nitrogen and oxygen atoms in total. The Kier molecular flexibility index (Phi) is 6.85. The molecule has 0 aliphatic carbocycles. The van der Waals surface area contributed by atoms with Gasteiger partial charge >= 0.3 is 0 Å². The molecule has 1 aromatic rings. The Balaban J connectivity index is 1.85. The van der Waals surface area contributed by atoms with Crippen molar-refractivity contribution in [1.82, 2.24) is 9.80 Å². The van der Waals surface area contributed by atoms with Crippen molar-refractivity contribution in [2.24, 2.45) is 11.8 Å². The lowest BCUT2D eigenvalue weighted by atomic mass is 9.94. The molecule has 1 aliphatic rings. The zero-order chi connectivity index (χ0) is 18.4. The SMILES string of the molecule is CCOc1ccc(CN(C)C(=O)C2CCN(C(=O)C(C)C)CC2)cc1. The summed E-state index contributed by atoms with van der Waals surface area (Å²) in [5.74, 6) is 1.25. The van der Waals surface area contributed by atoms with Crippen LogP contribution in [0.3, 0.4) is 0 Å². The van der Waals surface area contributed by atoms with E-state index in [1.165, 1.54) is 0 Å². The second kappa shape index (κ2) is 8.88. The van der Waals surface area contributed by atoms with Crippen LogP contribution >= 0.6 is 0 Å². The van der Waals surface area contributed by atoms with Crippen LogP contribution in [0, 0.1) is 11.8 Å². The number of likely N-dealkylation sites (tertiary alicyclic amines) is 1. The molecular weight excluding hydrogens is 316 g/mol. The zero-order valence-electron chi connectivity index (χ0n) is 15.8. The van der Waals surface area contributed by atoms with Crippen LogP contribution in [-0.4, -0.2) is 48.4 Å². The lowest BCUT2D eigenvalue weighted by Crippen LogP contribution is -2.44. The number of hydrogen-bond acceptors (Lipinski definition) is 3. The lowest BCUT2D eigenvalue weighted by Gasteiger charge is -2.34. The molecular formula is C20H30N2O3. The Morgan fingerprint density at radius 3 is 2.32 bits per heavy atom. The highest BCUT2D eigenvalue weighted by molar-refractivity contribution is 5.80. The highest BCUT2D eigenvalue weighted by Crippen LogP contribution is 2.22. The maximum Gasteiger partial charge on any atom is 0.225 e. The van der Waals surface area contributed by atoms with E-state index in [-0.39, 0.29) is 23.7 Å². The summed E-state index contributed by atoms with van der Waals surface area (Å²) >= 11 is 0. The number of ether oxygens (including phenoxy) is 1. The topological polar surface area (TPSA) is 49.9 Å². The number of nitrogens with zero attached hydrogens (tertiary/aromatic N) is 2. The minimum atomic E-state index is 0.0175. The molecule has 1 aliphatic heterocycles. The van der Waals surface area contributed by atoms with Gasteiger partial charge in [-0.05, 0) is 37.5 Å². The zero-order valence-corrected chi connectivity index (χ0v) is 15.8. The van der Waals surface area contributed by atoms with E-state index in [2.05, 4.69) is 0 Å². The van der Waals surface area contributed by atoms with E-state index in [1.54, 1.807) is 4.90 Å². The summed E-state index contributed by atoms with van der Waals surface area (Å²) in [6.07, 6.45) is 1.51. The van der Waals surface area contributed by atoms with Gasteiger partial charge in [-0.3, -0.25) is 9.59 Å². The molecule has 0 saturated carbocycles. The second-order valence-electron chi connectivity index (χ2n) is 7.03. The van der Waals surface area contributed by atoms with Gasteiger partial charge < -0.3 is 14.5 Å². The summed E-state index contributed by atoms with van der Waals surface area (Å²) in [5.41, 5.74) is 1.09. The van der Waals surface area contributed by atoms with E-state index in [4.69, 9.17) is 4.74 Å². The Labute approximate surface area is 150 Å². The van der Waals surface area contributed by atoms with E-state index >= 15 is 0 Å². The first-order chi connectivity index (χ1) is 11.9. The van der Waals surface area contributed by atoms with Crippen molar-refractivity contribution < 1.29 is 14.3 Å². The van der Waals surface area contributed by atoms with Gasteiger partial charge in [0.1, 0.15) is 5.75 Å². The number of piperidine rings is 1. The predicted octanol–water partition coefficient (Wildman–Crippen LogP) is 2.94. The summed E-state index contributed by atoms with van der Waals surface area (Å²) in [4.78, 5) is 28.4. The number of benzene rings is 1. The molecule has 138 valence electrons. The first-order valence-corrected chi connectivity index (χ1v) is 9.17. The summed E-state index contributed by atoms with van der Waals surface area (Å²) in [6, 6.07) is 7.87. The second-order valence-corrected chi connectivity index (χ2v) is 7.03. The molecule has 2 rings (SSSR count). The smallest absolute Gasteiger partial charge is 0.225 e. The summed E-state index contributed by atoms with van der Waals surface area (Å²) in [7, 11) is 1.85. The van der Waals surface area contributed by atoms with E-state index in [9.17, 15) is 9.59 Å². The summed E-state index contributed by atoms with van der Waals surface area (Å²) in [5, 5.41) is 0. The molecule has 0 N–H and O–H groups in total. The number of rotatable bonds is 6. The van der Waals surface area contributed by atoms with Crippen LogP contribution in [0.4, 0.5) is 0 Å². The third-order valence-electron chi connectivity index (χ3n) is 4.68. The standard InChI is InChI=1S/C20H30N2O3/c1-5-25-18-8-6-16(7-9-18)14-21(4)20(24)17-10-12-22(13-11-17)19(23)15(2)3/h6-9,15,17H,5,10-14H2,1-4H3. The van der Waals surface area contributed by atoms with Crippen molar-refractivity contribution in [2.75, 3.05) is 26.7 Å². The van der Waals surface area contributed by atoms with Crippen LogP contribution < -0.4 is 4.74 Å². The van der Waals surface area contributed by atoms with Crippen LogP contribution in [0.25, 0.3) is 0 Å². The van der Waals surface area contributed by atoms with Crippen LogP contribution in [0.1, 0.15) is 39.2 Å². The molecule has 1 saturated heterocycles. The van der Waals surface area contributed by atoms with E-state index in [0.717, 1.165) is 24.2 Å². The van der Waals surface area contributed by atoms with Crippen LogP contribution in [0.5, 0.6) is 5.75 Å². The minimum absolute atomic E-state index is 0.0175. The van der Waals surface area contributed by atoms with Gasteiger partial charge in [-0.25, -0.2) is 0 Å². The fraction of sp³-hybridized carbons (Fsp3) is 0.600. The van der Waals surface area contributed by atoms with Gasteiger partial charge in [-0.15, -0.1) is 0 Å². The Bertz CT molecular complexity index is 575. The molecule has 0 bridgehead atoms. The number of carbonyl (C=O) groups excluding carboxylic acids is 2. The molecule has 1 fully saturated rings. The number of amides is 2. The highest BCUT2D eigenvalue weighted by atomic mass is 16.5. The van der Waals surface area contributed by atoms with Crippen LogP contribution in [-0.2, 0) is 16.1 Å². The highest BCUT2D eigenvalue weighted by Gasteiger charge is 2.29. The van der Waals surface area contributed by atoms with Gasteiger partial charge in [-0.2, -0.15) is 0 Å². The summed E-state index contributed by atoms with van der Waals surface area (Å²) < 4.78 is 5.44. The van der Waals surface area contributed by atoms with Crippen molar-refractivity contribution in [3.8, 4) is 5.75 Å². The molecule has 0 aromatic heterocycles. The molecule has 0 atom stereocenters. The molecule has 5 heteroatoms. The first-order valence-electron chi connectivity index (χ1n) is 9.17. The lowest BCUT2D eigenvalue weighted by molar-refractivity contribution is -0.141. The van der Waals surface area contributed by atoms with E-state index in [0.29, 0.717) is 26.2 Å². The minimum Gasteiger partial charge on any atom is -0.494 e. The molecule has 1 heterocycles. The molecule has 2 amide bonds. The third-order valence-corrected chi connectivity index (χ3v) is 4.68. The average molecular weight is 346 g/mol. The van der Waals surface area contributed by atoms with Gasteiger partial charge in [0.15, 0.2) is 0 Å². The number of carbonyl (C=O) groups is 2. The monoisotopic (exact) mass is 346 g/mol. The van der Waals surface area contributed by atoms with Gasteiger partial charge in [0.05, 0.1) is 6.61 Å². The van der Waals surface area contributed by atoms with Crippen molar-refractivity contribution in [1.29, 1.82) is 0 Å². The largest absolute Gasteiger partial charge is 0.494 e. The molecule has 0 spiro atoms. The van der Waals surface area contributed by atoms with E-state index in [1.807, 2.05) is 57.0 Å². The van der Waals surface area contributed by atoms with Gasteiger partial charge in [0.2, 0.25) is 11.8 Å². The summed E-state index contributed by atoms with van der Waals surface area (Å²) in [6.45, 7) is 8.41. The molecule has 0 unspecified atom stereocenters. The van der Waals surface area contributed by atoms with Crippen molar-refractivity contribution in [3.05, 3.63) is 29.8 Å². The Morgan fingerprint density at radius 2 is 1.80 bits per heavy atom. The molecule has 0 radical (unpaired) electrons. The average Bonchev–Trinajstić information content (AvgIpc) is 2.62. The maximum atomic E-state index is 12.7. The fourth-order valence-corrected chi connectivity index (χ4v) is 3.23. The van der Waals surface area contributed by atoms with Crippen molar-refractivity contribution >= 4 is 11.8 Å². The molecule has 1 aromatic carbocycles. The quantitative estimate of drug-likeness (QED) is 0.796. The Morgan fingerprint density at radius 1 is 1.20 bits per heavy atom.